The van der Waals surface area contributed by atoms with Gasteiger partial charge < -0.3 is 10.1 Å². The van der Waals surface area contributed by atoms with E-state index >= 15 is 0 Å². The van der Waals surface area contributed by atoms with Gasteiger partial charge >= 0.3 is 5.97 Å². The number of benzene rings is 1. The largest absolute Gasteiger partial charge is 0.469 e. The van der Waals surface area contributed by atoms with E-state index in [0.717, 1.165) is 18.5 Å². The van der Waals surface area contributed by atoms with E-state index in [0.29, 0.717) is 6.54 Å². The third kappa shape index (κ3) is 2.82. The van der Waals surface area contributed by atoms with Crippen LogP contribution in [0.3, 0.4) is 0 Å². The van der Waals surface area contributed by atoms with E-state index in [9.17, 15) is 9.18 Å². The molecule has 3 nitrogen and oxygen atoms in total. The van der Waals surface area contributed by atoms with Crippen LogP contribution in [0.1, 0.15) is 17.9 Å². The number of rotatable bonds is 2. The molecular formula is C13H16FNO2. The van der Waals surface area contributed by atoms with E-state index in [4.69, 9.17) is 4.74 Å². The number of ether oxygens (including phenoxy) is 1. The molecule has 1 aliphatic heterocycles. The van der Waals surface area contributed by atoms with Crippen LogP contribution in [0.2, 0.25) is 0 Å². The first kappa shape index (κ1) is 12.0. The minimum Gasteiger partial charge on any atom is -0.469 e. The molecule has 4 heteroatoms. The molecule has 1 heterocycles. The first-order chi connectivity index (χ1) is 8.20. The maximum Gasteiger partial charge on any atom is 0.309 e. The molecule has 1 saturated heterocycles. The Bertz CT molecular complexity index is 391. The molecule has 2 rings (SSSR count). The molecule has 1 aliphatic rings. The summed E-state index contributed by atoms with van der Waals surface area (Å²) in [6.07, 6.45) is 0.755. The zero-order chi connectivity index (χ0) is 12.3. The Morgan fingerprint density at radius 3 is 2.71 bits per heavy atom. The molecule has 1 aromatic carbocycles. The number of halogens is 1. The molecule has 0 amide bonds. The highest BCUT2D eigenvalue weighted by atomic mass is 19.1. The number of nitrogens with one attached hydrogen (secondary N) is 1. The number of esters is 1. The maximum absolute atomic E-state index is 12.8. The molecule has 1 aromatic rings. The number of hydrogen-bond donors (Lipinski definition) is 1. The second-order valence-electron chi connectivity index (χ2n) is 4.36. The van der Waals surface area contributed by atoms with Crippen molar-refractivity contribution in [3.63, 3.8) is 0 Å². The normalized spacial score (nSPS) is 24.4. The van der Waals surface area contributed by atoms with Crippen molar-refractivity contribution in [1.29, 1.82) is 0 Å². The lowest BCUT2D eigenvalue weighted by Gasteiger charge is -2.28. The smallest absolute Gasteiger partial charge is 0.309 e. The van der Waals surface area contributed by atoms with Gasteiger partial charge in [0.05, 0.1) is 13.0 Å². The summed E-state index contributed by atoms with van der Waals surface area (Å²) in [5, 5.41) is 3.22. The Hall–Kier alpha value is -1.42. The van der Waals surface area contributed by atoms with E-state index in [2.05, 4.69) is 5.32 Å². The van der Waals surface area contributed by atoms with Crippen LogP contribution in [-0.2, 0) is 9.53 Å². The van der Waals surface area contributed by atoms with E-state index in [1.54, 1.807) is 12.1 Å². The Kier molecular flexibility index (Phi) is 3.74. The predicted octanol–water partition coefficient (Wildman–Crippen LogP) is 1.69. The monoisotopic (exact) mass is 237 g/mol. The van der Waals surface area contributed by atoms with Gasteiger partial charge in [0.15, 0.2) is 0 Å². The minimum atomic E-state index is -0.234. The van der Waals surface area contributed by atoms with Gasteiger partial charge in [-0.2, -0.15) is 0 Å². The lowest BCUT2D eigenvalue weighted by Crippen LogP contribution is -2.39. The number of methoxy groups -OCH3 is 1. The van der Waals surface area contributed by atoms with Gasteiger partial charge in [0.1, 0.15) is 5.82 Å². The van der Waals surface area contributed by atoms with Crippen molar-refractivity contribution in [1.82, 2.24) is 5.32 Å². The summed E-state index contributed by atoms with van der Waals surface area (Å²) in [6, 6.07) is 6.47. The molecule has 0 spiro atoms. The number of carbonyl (C=O) groups is 1. The summed E-state index contributed by atoms with van der Waals surface area (Å²) in [7, 11) is 1.41. The van der Waals surface area contributed by atoms with E-state index in [-0.39, 0.29) is 23.6 Å². The van der Waals surface area contributed by atoms with Crippen molar-refractivity contribution in [2.45, 2.75) is 12.3 Å². The molecule has 0 saturated carbocycles. The quantitative estimate of drug-likeness (QED) is 0.795. The molecule has 1 fully saturated rings. The van der Waals surface area contributed by atoms with Crippen LogP contribution in [-0.4, -0.2) is 26.2 Å². The van der Waals surface area contributed by atoms with E-state index in [1.165, 1.54) is 19.2 Å². The molecule has 0 aromatic heterocycles. The fourth-order valence-electron chi connectivity index (χ4n) is 2.28. The highest BCUT2D eigenvalue weighted by Crippen LogP contribution is 2.27. The molecule has 2 atom stereocenters. The highest BCUT2D eigenvalue weighted by Gasteiger charge is 2.28. The zero-order valence-electron chi connectivity index (χ0n) is 9.78. The molecular weight excluding hydrogens is 221 g/mol. The van der Waals surface area contributed by atoms with Crippen molar-refractivity contribution < 1.29 is 13.9 Å². The van der Waals surface area contributed by atoms with Gasteiger partial charge in [0, 0.05) is 13.1 Å². The SMILES string of the molecule is COC(=O)[C@@H]1CNC[C@H](c2ccc(F)cc2)C1. The highest BCUT2D eigenvalue weighted by molar-refractivity contribution is 5.72. The van der Waals surface area contributed by atoms with Gasteiger partial charge in [-0.05, 0) is 30.0 Å². The molecule has 1 N–H and O–H groups in total. The summed E-state index contributed by atoms with van der Waals surface area (Å²) in [5.74, 6) is -0.274. The van der Waals surface area contributed by atoms with Crippen LogP contribution in [0.4, 0.5) is 4.39 Å². The minimum absolute atomic E-state index is 0.108. The van der Waals surface area contributed by atoms with Crippen LogP contribution in [0, 0.1) is 11.7 Å². The Balaban J connectivity index is 2.06. The van der Waals surface area contributed by atoms with Crippen LogP contribution in [0.15, 0.2) is 24.3 Å². The van der Waals surface area contributed by atoms with E-state index in [1.807, 2.05) is 0 Å². The maximum atomic E-state index is 12.8. The fraction of sp³-hybridized carbons (Fsp3) is 0.462. The summed E-state index contributed by atoms with van der Waals surface area (Å²) >= 11 is 0. The van der Waals surface area contributed by atoms with Crippen molar-refractivity contribution in [3.05, 3.63) is 35.6 Å². The average Bonchev–Trinajstić information content (AvgIpc) is 2.39. The first-order valence-corrected chi connectivity index (χ1v) is 5.74. The van der Waals surface area contributed by atoms with Crippen LogP contribution in [0.5, 0.6) is 0 Å². The number of piperidine rings is 1. The van der Waals surface area contributed by atoms with Crippen LogP contribution >= 0.6 is 0 Å². The molecule has 17 heavy (non-hydrogen) atoms. The molecule has 0 unspecified atom stereocenters. The van der Waals surface area contributed by atoms with Crippen molar-refractivity contribution in [2.75, 3.05) is 20.2 Å². The third-order valence-electron chi connectivity index (χ3n) is 3.23. The van der Waals surface area contributed by atoms with Crippen molar-refractivity contribution in [2.24, 2.45) is 5.92 Å². The summed E-state index contributed by atoms with van der Waals surface area (Å²) in [6.45, 7) is 1.48. The van der Waals surface area contributed by atoms with Gasteiger partial charge in [-0.25, -0.2) is 4.39 Å². The van der Waals surface area contributed by atoms with Gasteiger partial charge in [-0.15, -0.1) is 0 Å². The summed E-state index contributed by atoms with van der Waals surface area (Å²) in [4.78, 5) is 11.5. The zero-order valence-corrected chi connectivity index (χ0v) is 9.78. The molecule has 0 bridgehead atoms. The lowest BCUT2D eigenvalue weighted by molar-refractivity contribution is -0.146. The second-order valence-corrected chi connectivity index (χ2v) is 4.36. The Morgan fingerprint density at radius 1 is 1.35 bits per heavy atom. The standard InChI is InChI=1S/C13H16FNO2/c1-17-13(16)11-6-10(7-15-8-11)9-2-4-12(14)5-3-9/h2-5,10-11,15H,6-8H2,1H3/t10-,11+/m1/s1. The van der Waals surface area contributed by atoms with Gasteiger partial charge in [-0.1, -0.05) is 12.1 Å². The van der Waals surface area contributed by atoms with Crippen LogP contribution in [0.25, 0.3) is 0 Å². The third-order valence-corrected chi connectivity index (χ3v) is 3.23. The number of hydrogen-bond acceptors (Lipinski definition) is 3. The van der Waals surface area contributed by atoms with Gasteiger partial charge in [-0.3, -0.25) is 4.79 Å². The van der Waals surface area contributed by atoms with Crippen molar-refractivity contribution >= 4 is 5.97 Å². The summed E-state index contributed by atoms with van der Waals surface area (Å²) in [5.41, 5.74) is 1.06. The van der Waals surface area contributed by atoms with Crippen LogP contribution < -0.4 is 5.32 Å². The lowest BCUT2D eigenvalue weighted by atomic mass is 9.85. The first-order valence-electron chi connectivity index (χ1n) is 5.74. The summed E-state index contributed by atoms with van der Waals surface area (Å²) < 4.78 is 17.6. The molecule has 0 aliphatic carbocycles. The van der Waals surface area contributed by atoms with Crippen molar-refractivity contribution in [3.8, 4) is 0 Å². The second kappa shape index (κ2) is 5.27. The Morgan fingerprint density at radius 2 is 2.06 bits per heavy atom. The van der Waals surface area contributed by atoms with Gasteiger partial charge in [0.25, 0.3) is 0 Å². The predicted molar refractivity (Wildman–Crippen MR) is 62.1 cm³/mol. The molecule has 0 radical (unpaired) electrons. The number of carbonyl (C=O) groups excluding carboxylic acids is 1. The average molecular weight is 237 g/mol. The van der Waals surface area contributed by atoms with Gasteiger partial charge in [0.2, 0.25) is 0 Å². The van der Waals surface area contributed by atoms with E-state index < -0.39 is 0 Å². The molecule has 92 valence electrons. The fourth-order valence-corrected chi connectivity index (χ4v) is 2.28. The topological polar surface area (TPSA) is 38.3 Å². The Labute approximate surface area is 100.0 Å².